The number of β-amino-alcohol motifs (C(OH)–C–C–N with tert-alkyl or cyclic N) is 1. The number of nitrogens with one attached hydrogen (secondary N) is 1. The number of ether oxygens (including phenoxy) is 1. The van der Waals surface area contributed by atoms with E-state index in [0.29, 0.717) is 41.9 Å². The number of nitrogens with zero attached hydrogens (tertiary/aromatic N) is 5. The van der Waals surface area contributed by atoms with Crippen LogP contribution >= 0.6 is 0 Å². The third-order valence-corrected chi connectivity index (χ3v) is 10.8. The van der Waals surface area contributed by atoms with Gasteiger partial charge in [-0.05, 0) is 49.1 Å². The molecule has 16 heteroatoms. The molecule has 6 rings (SSSR count). The average Bonchev–Trinajstić information content (AvgIpc) is 3.66. The molecule has 3 aliphatic heterocycles. The van der Waals surface area contributed by atoms with Gasteiger partial charge in [0.2, 0.25) is 15.9 Å². The number of aliphatic hydroxyl groups excluding tert-OH is 1. The van der Waals surface area contributed by atoms with Gasteiger partial charge >= 0.3 is 12.3 Å². The summed E-state index contributed by atoms with van der Waals surface area (Å²) in [6.07, 6.45) is -1.91. The van der Waals surface area contributed by atoms with Gasteiger partial charge in [-0.25, -0.2) is 13.2 Å². The van der Waals surface area contributed by atoms with Gasteiger partial charge in [-0.3, -0.25) is 9.48 Å². The molecule has 2 fully saturated rings. The Hall–Kier alpha value is -3.99. The van der Waals surface area contributed by atoms with Crippen LogP contribution in [0, 0.1) is 0 Å². The zero-order valence-electron chi connectivity index (χ0n) is 27.7. The minimum Gasteiger partial charge on any atom is -0.410 e. The SMILES string of the molecule is CS(=O)(=O)N1CCc2c(c(-c3ccc(C(F)(F)F)c(CNC(=O)Oc4ccccc4)c3)nn2CC(O)CN2CCC(N3CCCC3=O)CC2)C1. The van der Waals surface area contributed by atoms with Crippen LogP contribution in [0.1, 0.15) is 48.1 Å². The van der Waals surface area contributed by atoms with E-state index in [1.54, 1.807) is 22.9 Å². The van der Waals surface area contributed by atoms with E-state index in [0.717, 1.165) is 51.2 Å². The number of para-hydroxylation sites is 1. The number of carbonyl (C=O) groups is 2. The number of carbonyl (C=O) groups excluding carboxylic acids is 2. The van der Waals surface area contributed by atoms with Crippen molar-refractivity contribution in [3.05, 3.63) is 70.9 Å². The Morgan fingerprint density at radius 1 is 1.06 bits per heavy atom. The fraction of sp³-hybridized carbons (Fsp3) is 0.500. The molecule has 0 radical (unpaired) electrons. The van der Waals surface area contributed by atoms with Gasteiger partial charge in [0, 0.05) is 81.5 Å². The maximum Gasteiger partial charge on any atom is 0.416 e. The predicted octanol–water partition coefficient (Wildman–Crippen LogP) is 3.62. The van der Waals surface area contributed by atoms with Crippen molar-refractivity contribution in [1.82, 2.24) is 29.2 Å². The van der Waals surface area contributed by atoms with Crippen molar-refractivity contribution in [1.29, 1.82) is 0 Å². The molecule has 4 heterocycles. The first kappa shape index (κ1) is 35.8. The van der Waals surface area contributed by atoms with E-state index in [1.165, 1.54) is 28.6 Å². The first-order valence-electron chi connectivity index (χ1n) is 16.7. The number of aromatic nitrogens is 2. The molecule has 0 spiro atoms. The van der Waals surface area contributed by atoms with Crippen LogP contribution in [-0.4, -0.2) is 101 Å². The van der Waals surface area contributed by atoms with Gasteiger partial charge in [0.05, 0.1) is 30.2 Å². The van der Waals surface area contributed by atoms with Crippen molar-refractivity contribution in [3.63, 3.8) is 0 Å². The van der Waals surface area contributed by atoms with Gasteiger partial charge in [0.15, 0.2) is 0 Å². The Bertz CT molecular complexity index is 1810. The molecule has 0 aliphatic carbocycles. The number of halogens is 3. The molecular weight excluding hydrogens is 677 g/mol. The zero-order valence-corrected chi connectivity index (χ0v) is 28.5. The monoisotopic (exact) mass is 718 g/mol. The number of fused-ring (bicyclic) bond motifs is 1. The average molecular weight is 719 g/mol. The van der Waals surface area contributed by atoms with E-state index in [9.17, 15) is 36.3 Å². The largest absolute Gasteiger partial charge is 0.416 e. The zero-order chi connectivity index (χ0) is 35.6. The number of aliphatic hydroxyl groups is 1. The lowest BCUT2D eigenvalue weighted by Gasteiger charge is -2.37. The molecule has 3 aliphatic rings. The maximum atomic E-state index is 14.1. The molecule has 2 N–H and O–H groups in total. The number of likely N-dealkylation sites (tertiary alicyclic amines) is 2. The molecule has 50 heavy (non-hydrogen) atoms. The second-order valence-electron chi connectivity index (χ2n) is 13.1. The molecular formula is C34H41F3N6O6S. The first-order valence-corrected chi connectivity index (χ1v) is 18.6. The maximum absolute atomic E-state index is 14.1. The number of amides is 2. The van der Waals surface area contributed by atoms with E-state index in [4.69, 9.17) is 9.84 Å². The summed E-state index contributed by atoms with van der Waals surface area (Å²) in [5.74, 6) is 0.437. The molecule has 12 nitrogen and oxygen atoms in total. The molecule has 0 bridgehead atoms. The number of hydrogen-bond donors (Lipinski definition) is 2. The lowest BCUT2D eigenvalue weighted by molar-refractivity contribution is -0.138. The normalized spacial score (nSPS) is 18.7. The van der Waals surface area contributed by atoms with Gasteiger partial charge in [-0.15, -0.1) is 0 Å². The van der Waals surface area contributed by atoms with E-state index < -0.39 is 40.5 Å². The number of rotatable bonds is 10. The van der Waals surface area contributed by atoms with Crippen LogP contribution in [0.15, 0.2) is 48.5 Å². The van der Waals surface area contributed by atoms with Crippen molar-refractivity contribution in [3.8, 4) is 17.0 Å². The van der Waals surface area contributed by atoms with E-state index in [1.807, 2.05) is 4.90 Å². The molecule has 270 valence electrons. The second kappa shape index (κ2) is 14.7. The highest BCUT2D eigenvalue weighted by molar-refractivity contribution is 7.88. The van der Waals surface area contributed by atoms with E-state index in [2.05, 4.69) is 10.2 Å². The minimum atomic E-state index is -4.71. The van der Waals surface area contributed by atoms with Crippen molar-refractivity contribution in [2.75, 3.05) is 39.0 Å². The van der Waals surface area contributed by atoms with Crippen LogP contribution in [0.5, 0.6) is 5.75 Å². The van der Waals surface area contributed by atoms with Crippen LogP contribution in [0.3, 0.4) is 0 Å². The Morgan fingerprint density at radius 3 is 2.46 bits per heavy atom. The second-order valence-corrected chi connectivity index (χ2v) is 15.1. The molecule has 1 aromatic heterocycles. The molecule has 2 saturated heterocycles. The summed E-state index contributed by atoms with van der Waals surface area (Å²) in [6.45, 7) is 2.42. The Labute approximate surface area is 288 Å². The lowest BCUT2D eigenvalue weighted by atomic mass is 9.97. The molecule has 1 unspecified atom stereocenters. The topological polar surface area (TPSA) is 137 Å². The van der Waals surface area contributed by atoms with Gasteiger partial charge < -0.3 is 25.0 Å². The van der Waals surface area contributed by atoms with Crippen LogP contribution < -0.4 is 10.1 Å². The molecule has 2 aromatic carbocycles. The minimum absolute atomic E-state index is 0.0274. The van der Waals surface area contributed by atoms with E-state index >= 15 is 0 Å². The summed E-state index contributed by atoms with van der Waals surface area (Å²) >= 11 is 0. The lowest BCUT2D eigenvalue weighted by Crippen LogP contribution is -2.47. The summed E-state index contributed by atoms with van der Waals surface area (Å²) in [5, 5.41) is 18.3. The number of benzene rings is 2. The Kier molecular flexibility index (Phi) is 10.5. The van der Waals surface area contributed by atoms with Gasteiger partial charge in [0.25, 0.3) is 0 Å². The smallest absolute Gasteiger partial charge is 0.410 e. The molecule has 2 amide bonds. The molecule has 1 atom stereocenters. The van der Waals surface area contributed by atoms with Gasteiger partial charge in [-0.2, -0.15) is 22.6 Å². The molecule has 0 saturated carbocycles. The van der Waals surface area contributed by atoms with Crippen molar-refractivity contribution < 1.29 is 41.0 Å². The standard InChI is InChI=1S/C34H41F3N6O6S/c1-50(47,48)41-17-13-30-28(22-41)32(39-43(30)21-26(44)20-40-15-11-25(12-16-40)42-14-5-8-31(42)45)23-9-10-29(34(35,36)37)24(18-23)19-38-33(46)49-27-6-3-2-4-7-27/h2-4,6-7,9-10,18,25-26,44H,5,8,11-17,19-22H2,1H3,(H,38,46). The Balaban J connectivity index is 1.22. The van der Waals surface area contributed by atoms with Crippen molar-refractivity contribution >= 4 is 22.0 Å². The quantitative estimate of drug-likeness (QED) is 0.325. The fourth-order valence-corrected chi connectivity index (χ4v) is 7.91. The van der Waals surface area contributed by atoms with Gasteiger partial charge in [-0.1, -0.05) is 24.3 Å². The molecule has 3 aromatic rings. The fourth-order valence-electron chi connectivity index (χ4n) is 7.12. The number of sulfonamides is 1. The number of piperidine rings is 1. The third kappa shape index (κ3) is 8.30. The van der Waals surface area contributed by atoms with E-state index in [-0.39, 0.29) is 42.9 Å². The number of alkyl halides is 3. The van der Waals surface area contributed by atoms with Crippen molar-refractivity contribution in [2.24, 2.45) is 0 Å². The highest BCUT2D eigenvalue weighted by atomic mass is 32.2. The highest BCUT2D eigenvalue weighted by Gasteiger charge is 2.36. The van der Waals surface area contributed by atoms with Crippen LogP contribution in [-0.2, 0) is 47.0 Å². The van der Waals surface area contributed by atoms with Crippen LogP contribution in [0.2, 0.25) is 0 Å². The van der Waals surface area contributed by atoms with Gasteiger partial charge in [0.1, 0.15) is 5.75 Å². The Morgan fingerprint density at radius 2 is 1.80 bits per heavy atom. The summed E-state index contributed by atoms with van der Waals surface area (Å²) < 4.78 is 75.4. The van der Waals surface area contributed by atoms with Crippen molar-refractivity contribution in [2.45, 2.75) is 70.1 Å². The third-order valence-electron chi connectivity index (χ3n) is 9.59. The predicted molar refractivity (Wildman–Crippen MR) is 177 cm³/mol. The summed E-state index contributed by atoms with van der Waals surface area (Å²) in [5.41, 5.74) is 0.699. The summed E-state index contributed by atoms with van der Waals surface area (Å²) in [6, 6.07) is 11.8. The van der Waals surface area contributed by atoms with Crippen LogP contribution in [0.4, 0.5) is 18.0 Å². The number of hydrogen-bond acceptors (Lipinski definition) is 8. The first-order chi connectivity index (χ1) is 23.8. The summed E-state index contributed by atoms with van der Waals surface area (Å²) in [7, 11) is -3.59. The van der Waals surface area contributed by atoms with Crippen LogP contribution in [0.25, 0.3) is 11.3 Å². The summed E-state index contributed by atoms with van der Waals surface area (Å²) in [4.78, 5) is 28.7. The highest BCUT2D eigenvalue weighted by Crippen LogP contribution is 2.37.